The normalized spacial score (nSPS) is 19.3. The maximum atomic E-state index is 12.7. The molecule has 3 rings (SSSR count). The summed E-state index contributed by atoms with van der Waals surface area (Å²) in [7, 11) is 0.969. The van der Waals surface area contributed by atoms with Crippen LogP contribution in [0.5, 0.6) is 0 Å². The highest BCUT2D eigenvalue weighted by Gasteiger charge is 2.28. The number of benzene rings is 2. The first-order valence-electron chi connectivity index (χ1n) is 8.04. The van der Waals surface area contributed by atoms with Crippen LogP contribution in [-0.2, 0) is 10.8 Å². The van der Waals surface area contributed by atoms with Crippen molar-refractivity contribution in [3.8, 4) is 0 Å². The van der Waals surface area contributed by atoms with Gasteiger partial charge in [0, 0.05) is 51.5 Å². The number of anilines is 1. The first kappa shape index (κ1) is 19.5. The number of hydrogen-bond acceptors (Lipinski definition) is 4. The summed E-state index contributed by atoms with van der Waals surface area (Å²) in [5.74, 6) is 1.18. The van der Waals surface area contributed by atoms with E-state index >= 15 is 0 Å². The van der Waals surface area contributed by atoms with Gasteiger partial charge in [-0.15, -0.1) is 0 Å². The summed E-state index contributed by atoms with van der Waals surface area (Å²) >= 11 is 13.3. The van der Waals surface area contributed by atoms with E-state index in [0.29, 0.717) is 27.1 Å². The maximum Gasteiger partial charge on any atom is 0.253 e. The Morgan fingerprint density at radius 3 is 2.73 bits per heavy atom. The van der Waals surface area contributed by atoms with Crippen molar-refractivity contribution < 1.29 is 9.00 Å². The first-order chi connectivity index (χ1) is 12.4. The minimum Gasteiger partial charge on any atom is -0.338 e. The minimum atomic E-state index is -0.809. The van der Waals surface area contributed by atoms with Crippen LogP contribution in [-0.4, -0.2) is 39.6 Å². The fraction of sp³-hybridized carbons (Fsp3) is 0.278. The molecule has 0 radical (unpaired) electrons. The van der Waals surface area contributed by atoms with Gasteiger partial charge in [-0.2, -0.15) is 0 Å². The Labute approximate surface area is 169 Å². The second-order valence-electron chi connectivity index (χ2n) is 6.03. The number of hydrogen-bond donors (Lipinski definition) is 1. The molecule has 0 aromatic heterocycles. The molecule has 8 heteroatoms. The number of nitrogens with zero attached hydrogens (tertiary/aromatic N) is 1. The first-order valence-corrected chi connectivity index (χ1v) is 11.1. The second kappa shape index (κ2) is 8.65. The molecule has 0 spiro atoms. The highest BCUT2D eigenvalue weighted by molar-refractivity contribution is 8.00. The summed E-state index contributed by atoms with van der Waals surface area (Å²) in [5, 5.41) is 1.01. The van der Waals surface area contributed by atoms with Gasteiger partial charge in [-0.3, -0.25) is 9.00 Å². The highest BCUT2D eigenvalue weighted by atomic mass is 35.5. The molecule has 26 heavy (non-hydrogen) atoms. The number of rotatable bonds is 5. The van der Waals surface area contributed by atoms with Crippen LogP contribution in [0.4, 0.5) is 5.69 Å². The van der Waals surface area contributed by atoms with Crippen molar-refractivity contribution in [2.45, 2.75) is 17.4 Å². The summed E-state index contributed by atoms with van der Waals surface area (Å²) in [5.41, 5.74) is 1.42. The summed E-state index contributed by atoms with van der Waals surface area (Å²) in [4.78, 5) is 15.3. The van der Waals surface area contributed by atoms with E-state index in [-0.39, 0.29) is 11.9 Å². The Kier molecular flexibility index (Phi) is 6.51. The maximum absolute atomic E-state index is 12.7. The molecule has 0 saturated carbocycles. The highest BCUT2D eigenvalue weighted by Crippen LogP contribution is 2.29. The number of halogens is 2. The average Bonchev–Trinajstić information content (AvgIpc) is 3.08. The quantitative estimate of drug-likeness (QED) is 0.700. The van der Waals surface area contributed by atoms with Gasteiger partial charge in [0.05, 0.1) is 10.0 Å². The van der Waals surface area contributed by atoms with Crippen LogP contribution in [0.1, 0.15) is 16.8 Å². The van der Waals surface area contributed by atoms with E-state index in [0.717, 1.165) is 17.0 Å². The zero-order valence-corrected chi connectivity index (χ0v) is 17.2. The van der Waals surface area contributed by atoms with E-state index in [4.69, 9.17) is 23.2 Å². The largest absolute Gasteiger partial charge is 0.338 e. The van der Waals surface area contributed by atoms with Crippen LogP contribution in [0.3, 0.4) is 0 Å². The van der Waals surface area contributed by atoms with Gasteiger partial charge in [0.15, 0.2) is 0 Å². The molecule has 2 aromatic rings. The van der Waals surface area contributed by atoms with Crippen molar-refractivity contribution in [3.63, 3.8) is 0 Å². The van der Waals surface area contributed by atoms with Crippen LogP contribution in [0.2, 0.25) is 10.0 Å². The van der Waals surface area contributed by atoms with E-state index in [1.807, 2.05) is 24.3 Å². The third kappa shape index (κ3) is 4.74. The van der Waals surface area contributed by atoms with Gasteiger partial charge in [0.1, 0.15) is 0 Å². The Morgan fingerprint density at radius 1 is 1.23 bits per heavy atom. The van der Waals surface area contributed by atoms with Crippen molar-refractivity contribution >= 4 is 57.5 Å². The third-order valence-corrected chi connectivity index (χ3v) is 7.23. The molecule has 1 fully saturated rings. The van der Waals surface area contributed by atoms with Gasteiger partial charge >= 0.3 is 0 Å². The monoisotopic (exact) mass is 428 g/mol. The van der Waals surface area contributed by atoms with E-state index in [1.54, 1.807) is 30.1 Å². The van der Waals surface area contributed by atoms with Gasteiger partial charge in [0.2, 0.25) is 0 Å². The molecule has 1 aliphatic heterocycles. The van der Waals surface area contributed by atoms with E-state index < -0.39 is 10.8 Å². The molecular formula is C18H18Cl2N2O2S2. The predicted octanol–water partition coefficient (Wildman–Crippen LogP) is 4.71. The lowest BCUT2D eigenvalue weighted by Crippen LogP contribution is -2.37. The van der Waals surface area contributed by atoms with E-state index in [9.17, 15) is 9.00 Å². The van der Waals surface area contributed by atoms with Gasteiger partial charge < -0.3 is 9.62 Å². The fourth-order valence-electron chi connectivity index (χ4n) is 2.70. The molecule has 0 bridgehead atoms. The molecule has 2 aromatic carbocycles. The molecule has 1 saturated heterocycles. The topological polar surface area (TPSA) is 49.4 Å². The Bertz CT molecular complexity index is 848. The van der Waals surface area contributed by atoms with Crippen molar-refractivity contribution in [2.75, 3.05) is 23.3 Å². The molecule has 0 aliphatic carbocycles. The molecule has 1 aliphatic rings. The van der Waals surface area contributed by atoms with Crippen LogP contribution >= 0.6 is 35.1 Å². The van der Waals surface area contributed by atoms with Crippen LogP contribution in [0.25, 0.3) is 0 Å². The molecule has 2 atom stereocenters. The summed E-state index contributed by atoms with van der Waals surface area (Å²) < 4.78 is 14.8. The Hall–Kier alpha value is -1.21. The van der Waals surface area contributed by atoms with Gasteiger partial charge in [-0.1, -0.05) is 29.3 Å². The zero-order chi connectivity index (χ0) is 18.7. The molecule has 2 unspecified atom stereocenters. The molecule has 4 nitrogen and oxygen atoms in total. The molecule has 1 N–H and O–H groups in total. The lowest BCUT2D eigenvalue weighted by molar-refractivity contribution is 0.0748. The van der Waals surface area contributed by atoms with Crippen LogP contribution < -0.4 is 4.72 Å². The summed E-state index contributed by atoms with van der Waals surface area (Å²) in [6, 6.07) is 12.8. The smallest absolute Gasteiger partial charge is 0.253 e. The zero-order valence-electron chi connectivity index (χ0n) is 14.1. The summed E-state index contributed by atoms with van der Waals surface area (Å²) in [6.07, 6.45) is 0.792. The Balaban J connectivity index is 1.66. The summed E-state index contributed by atoms with van der Waals surface area (Å²) in [6.45, 7) is 0. The Morgan fingerprint density at radius 2 is 2.04 bits per heavy atom. The van der Waals surface area contributed by atoms with Crippen LogP contribution in [0, 0.1) is 0 Å². The number of carbonyl (C=O) groups excluding carboxylic acids is 1. The standard InChI is InChI=1S/C18H18Cl2N2O2S2/c1-22(14-7-8-26(24)11-14)18(23)12-3-2-4-13(9-12)21-25-15-5-6-16(19)17(20)10-15/h2-6,9-10,14,21H,7-8,11H2,1H3. The molecule has 1 amide bonds. The predicted molar refractivity (Wildman–Crippen MR) is 111 cm³/mol. The number of nitrogens with one attached hydrogen (secondary N) is 1. The molecular weight excluding hydrogens is 411 g/mol. The number of carbonyl (C=O) groups is 1. The minimum absolute atomic E-state index is 0.0468. The van der Waals surface area contributed by atoms with Gasteiger partial charge in [-0.05, 0) is 54.8 Å². The SMILES string of the molecule is CN(C(=O)c1cccc(NSc2ccc(Cl)c(Cl)c2)c1)C1CCS(=O)C1. The molecule has 138 valence electrons. The van der Waals surface area contributed by atoms with Crippen molar-refractivity contribution in [1.29, 1.82) is 0 Å². The van der Waals surface area contributed by atoms with Gasteiger partial charge in [0.25, 0.3) is 5.91 Å². The third-order valence-electron chi connectivity index (χ3n) is 4.21. The van der Waals surface area contributed by atoms with Crippen molar-refractivity contribution in [2.24, 2.45) is 0 Å². The van der Waals surface area contributed by atoms with Crippen LogP contribution in [0.15, 0.2) is 47.4 Å². The average molecular weight is 429 g/mol. The van der Waals surface area contributed by atoms with Crippen molar-refractivity contribution in [3.05, 3.63) is 58.1 Å². The van der Waals surface area contributed by atoms with E-state index in [2.05, 4.69) is 4.72 Å². The lowest BCUT2D eigenvalue weighted by atomic mass is 10.1. The second-order valence-corrected chi connectivity index (χ2v) is 9.35. The van der Waals surface area contributed by atoms with Crippen molar-refractivity contribution in [1.82, 2.24) is 4.90 Å². The number of amides is 1. The lowest BCUT2D eigenvalue weighted by Gasteiger charge is -2.23. The van der Waals surface area contributed by atoms with Gasteiger partial charge in [-0.25, -0.2) is 0 Å². The molecule has 1 heterocycles. The fourth-order valence-corrected chi connectivity index (χ4v) is 5.26. The van der Waals surface area contributed by atoms with E-state index in [1.165, 1.54) is 11.9 Å².